The lowest BCUT2D eigenvalue weighted by molar-refractivity contribution is -0.129. The Morgan fingerprint density at radius 2 is 2.16 bits per heavy atom. The van der Waals surface area contributed by atoms with Crippen molar-refractivity contribution in [3.63, 3.8) is 0 Å². The second kappa shape index (κ2) is 6.30. The van der Waals surface area contributed by atoms with Gasteiger partial charge in [-0.25, -0.2) is 4.39 Å². The molecule has 100 valence electrons. The van der Waals surface area contributed by atoms with Crippen molar-refractivity contribution in [1.29, 1.82) is 5.26 Å². The molecule has 0 unspecified atom stereocenters. The van der Waals surface area contributed by atoms with Gasteiger partial charge in [0.15, 0.2) is 0 Å². The van der Waals surface area contributed by atoms with E-state index < -0.39 is 0 Å². The molecule has 0 spiro atoms. The van der Waals surface area contributed by atoms with Crippen LogP contribution in [0, 0.1) is 17.1 Å². The summed E-state index contributed by atoms with van der Waals surface area (Å²) in [6, 6.07) is 6.05. The first-order valence-corrected chi connectivity index (χ1v) is 6.38. The van der Waals surface area contributed by atoms with Gasteiger partial charge < -0.3 is 10.2 Å². The van der Waals surface area contributed by atoms with Gasteiger partial charge in [0.25, 0.3) is 0 Å². The third-order valence-corrected chi connectivity index (χ3v) is 3.24. The average Bonchev–Trinajstić information content (AvgIpc) is 2.93. The maximum absolute atomic E-state index is 13.1. The molecular weight excluding hydrogens is 245 g/mol. The molecule has 0 radical (unpaired) electrons. The molecule has 1 aliphatic heterocycles. The van der Waals surface area contributed by atoms with Crippen LogP contribution in [0.1, 0.15) is 24.0 Å². The quantitative estimate of drug-likeness (QED) is 0.891. The summed E-state index contributed by atoms with van der Waals surface area (Å²) in [6.07, 6.45) is 2.13. The van der Waals surface area contributed by atoms with Crippen molar-refractivity contribution in [3.8, 4) is 6.07 Å². The summed E-state index contributed by atoms with van der Waals surface area (Å²) in [4.78, 5) is 13.6. The number of nitriles is 1. The molecule has 0 saturated carbocycles. The molecule has 1 fully saturated rings. The summed E-state index contributed by atoms with van der Waals surface area (Å²) in [6.45, 7) is 2.19. The summed E-state index contributed by atoms with van der Waals surface area (Å²) in [5.41, 5.74) is 1.01. The fourth-order valence-corrected chi connectivity index (χ4v) is 2.20. The molecule has 2 rings (SSSR count). The molecule has 1 N–H and O–H groups in total. The van der Waals surface area contributed by atoms with Crippen LogP contribution in [0.25, 0.3) is 0 Å². The lowest BCUT2D eigenvalue weighted by atomic mass is 10.1. The Kier molecular flexibility index (Phi) is 4.48. The molecule has 0 bridgehead atoms. The van der Waals surface area contributed by atoms with Crippen molar-refractivity contribution in [2.24, 2.45) is 0 Å². The first kappa shape index (κ1) is 13.5. The number of carbonyl (C=O) groups excluding carboxylic acids is 1. The minimum absolute atomic E-state index is 0.0624. The Morgan fingerprint density at radius 1 is 1.42 bits per heavy atom. The first-order chi connectivity index (χ1) is 9.20. The lowest BCUT2D eigenvalue weighted by Gasteiger charge is -2.15. The standard InChI is InChI=1S/C14H16FN3O/c15-13-4-3-11(8-16)12(7-13)9-17-10-14(19)18-5-1-2-6-18/h3-4,7,17H,1-2,5-6,9-10H2. The SMILES string of the molecule is N#Cc1ccc(F)cc1CNCC(=O)N1CCCC1. The maximum atomic E-state index is 13.1. The number of halogens is 1. The van der Waals surface area contributed by atoms with Gasteiger partial charge in [-0.2, -0.15) is 5.26 Å². The number of nitrogens with zero attached hydrogens (tertiary/aromatic N) is 2. The van der Waals surface area contributed by atoms with Crippen LogP contribution in [0.4, 0.5) is 4.39 Å². The number of rotatable bonds is 4. The Labute approximate surface area is 111 Å². The number of carbonyl (C=O) groups is 1. The summed E-state index contributed by atoms with van der Waals surface area (Å²) < 4.78 is 13.1. The van der Waals surface area contributed by atoms with Crippen LogP contribution in [0.5, 0.6) is 0 Å². The molecule has 1 aromatic rings. The van der Waals surface area contributed by atoms with Crippen molar-refractivity contribution >= 4 is 5.91 Å². The highest BCUT2D eigenvalue weighted by atomic mass is 19.1. The van der Waals surface area contributed by atoms with Crippen LogP contribution in [-0.2, 0) is 11.3 Å². The number of benzene rings is 1. The molecule has 1 saturated heterocycles. The van der Waals surface area contributed by atoms with E-state index in [2.05, 4.69) is 5.32 Å². The van der Waals surface area contributed by atoms with E-state index in [4.69, 9.17) is 5.26 Å². The number of hydrogen-bond acceptors (Lipinski definition) is 3. The lowest BCUT2D eigenvalue weighted by Crippen LogP contribution is -2.36. The summed E-state index contributed by atoms with van der Waals surface area (Å²) in [5.74, 6) is -0.311. The van der Waals surface area contributed by atoms with Crippen molar-refractivity contribution in [1.82, 2.24) is 10.2 Å². The minimum atomic E-state index is -0.373. The Balaban J connectivity index is 1.87. The Hall–Kier alpha value is -1.93. The zero-order chi connectivity index (χ0) is 13.7. The highest BCUT2D eigenvalue weighted by molar-refractivity contribution is 5.78. The smallest absolute Gasteiger partial charge is 0.236 e. The summed E-state index contributed by atoms with van der Waals surface area (Å²) in [7, 11) is 0. The Morgan fingerprint density at radius 3 is 2.84 bits per heavy atom. The number of nitrogens with one attached hydrogen (secondary N) is 1. The van der Waals surface area contributed by atoms with Crippen LogP contribution in [0.3, 0.4) is 0 Å². The average molecular weight is 261 g/mol. The Bertz CT molecular complexity index is 504. The predicted molar refractivity (Wildman–Crippen MR) is 68.6 cm³/mol. The van der Waals surface area contributed by atoms with Gasteiger partial charge in [0.1, 0.15) is 5.82 Å². The largest absolute Gasteiger partial charge is 0.342 e. The second-order valence-corrected chi connectivity index (χ2v) is 4.60. The van der Waals surface area contributed by atoms with Crippen molar-refractivity contribution in [2.45, 2.75) is 19.4 Å². The number of amides is 1. The maximum Gasteiger partial charge on any atom is 0.236 e. The van der Waals surface area contributed by atoms with Crippen LogP contribution in [0.2, 0.25) is 0 Å². The number of hydrogen-bond donors (Lipinski definition) is 1. The first-order valence-electron chi connectivity index (χ1n) is 6.38. The zero-order valence-corrected chi connectivity index (χ0v) is 10.7. The van der Waals surface area contributed by atoms with E-state index >= 15 is 0 Å². The normalized spacial score (nSPS) is 14.4. The van der Waals surface area contributed by atoms with Gasteiger partial charge in [-0.1, -0.05) is 0 Å². The van der Waals surface area contributed by atoms with E-state index in [1.807, 2.05) is 11.0 Å². The van der Waals surface area contributed by atoms with E-state index in [9.17, 15) is 9.18 Å². The van der Waals surface area contributed by atoms with Crippen molar-refractivity contribution in [2.75, 3.05) is 19.6 Å². The van der Waals surface area contributed by atoms with E-state index in [-0.39, 0.29) is 18.3 Å². The highest BCUT2D eigenvalue weighted by Gasteiger charge is 2.17. The van der Waals surface area contributed by atoms with E-state index in [1.54, 1.807) is 0 Å². The van der Waals surface area contributed by atoms with Gasteiger partial charge in [0.05, 0.1) is 18.2 Å². The van der Waals surface area contributed by atoms with Crippen molar-refractivity contribution < 1.29 is 9.18 Å². The van der Waals surface area contributed by atoms with Crippen LogP contribution in [-0.4, -0.2) is 30.4 Å². The fourth-order valence-electron chi connectivity index (χ4n) is 2.20. The van der Waals surface area contributed by atoms with Gasteiger partial charge in [-0.3, -0.25) is 4.79 Å². The molecule has 5 heteroatoms. The monoisotopic (exact) mass is 261 g/mol. The predicted octanol–water partition coefficient (Wildman–Crippen LogP) is 1.41. The van der Waals surface area contributed by atoms with E-state index in [1.165, 1.54) is 18.2 Å². The molecule has 19 heavy (non-hydrogen) atoms. The van der Waals surface area contributed by atoms with Crippen molar-refractivity contribution in [3.05, 3.63) is 35.1 Å². The zero-order valence-electron chi connectivity index (χ0n) is 10.7. The molecule has 4 nitrogen and oxygen atoms in total. The molecule has 1 heterocycles. The number of likely N-dealkylation sites (tertiary alicyclic amines) is 1. The second-order valence-electron chi connectivity index (χ2n) is 4.60. The minimum Gasteiger partial charge on any atom is -0.342 e. The molecule has 0 aliphatic carbocycles. The summed E-state index contributed by atoms with van der Waals surface area (Å²) >= 11 is 0. The molecular formula is C14H16FN3O. The van der Waals surface area contributed by atoms with Gasteiger partial charge in [0.2, 0.25) is 5.91 Å². The molecule has 0 atom stereocenters. The van der Waals surface area contributed by atoms with E-state index in [0.717, 1.165) is 25.9 Å². The van der Waals surface area contributed by atoms with Crippen LogP contribution in [0.15, 0.2) is 18.2 Å². The third-order valence-electron chi connectivity index (χ3n) is 3.24. The fraction of sp³-hybridized carbons (Fsp3) is 0.429. The topological polar surface area (TPSA) is 56.1 Å². The molecule has 0 aromatic heterocycles. The van der Waals surface area contributed by atoms with Gasteiger partial charge in [-0.05, 0) is 36.6 Å². The van der Waals surface area contributed by atoms with Crippen LogP contribution < -0.4 is 5.32 Å². The van der Waals surface area contributed by atoms with Gasteiger partial charge in [0, 0.05) is 19.6 Å². The van der Waals surface area contributed by atoms with E-state index in [0.29, 0.717) is 17.7 Å². The molecule has 1 amide bonds. The summed E-state index contributed by atoms with van der Waals surface area (Å²) in [5, 5.41) is 11.9. The van der Waals surface area contributed by atoms with Gasteiger partial charge in [-0.15, -0.1) is 0 Å². The molecule has 1 aromatic carbocycles. The molecule has 1 aliphatic rings. The third kappa shape index (κ3) is 3.52. The van der Waals surface area contributed by atoms with Crippen LogP contribution >= 0.6 is 0 Å². The van der Waals surface area contributed by atoms with Gasteiger partial charge >= 0.3 is 0 Å². The highest BCUT2D eigenvalue weighted by Crippen LogP contribution is 2.10.